The third kappa shape index (κ3) is 2.58. The highest BCUT2D eigenvalue weighted by molar-refractivity contribution is 5.80. The van der Waals surface area contributed by atoms with Crippen LogP contribution in [-0.4, -0.2) is 23.5 Å². The van der Waals surface area contributed by atoms with Crippen molar-refractivity contribution in [2.24, 2.45) is 5.92 Å². The van der Waals surface area contributed by atoms with Crippen LogP contribution in [0.5, 0.6) is 0 Å². The number of amides is 1. The Hall–Kier alpha value is -1.32. The Labute approximate surface area is 83.0 Å². The topological polar surface area (TPSA) is 66.4 Å². The van der Waals surface area contributed by atoms with Gasteiger partial charge in [-0.2, -0.15) is 0 Å². The molecule has 1 amide bonds. The lowest BCUT2D eigenvalue weighted by Crippen LogP contribution is -2.38. The minimum atomic E-state index is -0.988. The van der Waals surface area contributed by atoms with Crippen molar-refractivity contribution in [2.45, 2.75) is 32.2 Å². The molecule has 0 fully saturated rings. The fourth-order valence-corrected chi connectivity index (χ4v) is 1.65. The quantitative estimate of drug-likeness (QED) is 0.520. The molecule has 4 heteroatoms. The number of hydrogen-bond acceptors (Lipinski definition) is 2. The highest BCUT2D eigenvalue weighted by Crippen LogP contribution is 2.24. The average Bonchev–Trinajstić information content (AvgIpc) is 2.15. The molecule has 14 heavy (non-hydrogen) atoms. The van der Waals surface area contributed by atoms with Gasteiger partial charge in [-0.05, 0) is 30.8 Å². The molecular formula is C10H15NO3. The third-order valence-electron chi connectivity index (χ3n) is 2.56. The molecule has 0 aromatic carbocycles. The number of aliphatic carboxylic acids is 1. The summed E-state index contributed by atoms with van der Waals surface area (Å²) in [6.45, 7) is 2.14. The van der Waals surface area contributed by atoms with Gasteiger partial charge in [0.15, 0.2) is 0 Å². The first-order valence-corrected chi connectivity index (χ1v) is 4.76. The van der Waals surface area contributed by atoms with E-state index in [9.17, 15) is 9.59 Å². The van der Waals surface area contributed by atoms with Gasteiger partial charge in [0.05, 0.1) is 0 Å². The lowest BCUT2D eigenvalue weighted by atomic mass is 9.88. The summed E-state index contributed by atoms with van der Waals surface area (Å²) in [5.41, 5.74) is 0.822. The summed E-state index contributed by atoms with van der Waals surface area (Å²) >= 11 is 0. The number of carbonyl (C=O) groups excluding carboxylic acids is 1. The molecule has 1 rings (SSSR count). The monoisotopic (exact) mass is 197 g/mol. The zero-order chi connectivity index (χ0) is 10.6. The number of carboxylic acid groups (broad SMARTS) is 1. The Morgan fingerprint density at radius 1 is 1.79 bits per heavy atom. The smallest absolute Gasteiger partial charge is 0.330 e. The normalized spacial score (nSPS) is 23.5. The molecule has 0 saturated heterocycles. The molecule has 1 aliphatic carbocycles. The number of nitrogens with one attached hydrogen (secondary N) is 1. The van der Waals surface area contributed by atoms with Crippen molar-refractivity contribution < 1.29 is 14.7 Å². The molecule has 0 saturated carbocycles. The van der Waals surface area contributed by atoms with Crippen LogP contribution in [0.25, 0.3) is 0 Å². The fraction of sp³-hybridized carbons (Fsp3) is 0.600. The first kappa shape index (κ1) is 10.8. The number of hydrogen-bond donors (Lipinski definition) is 2. The molecule has 0 heterocycles. The molecular weight excluding hydrogens is 182 g/mol. The van der Waals surface area contributed by atoms with Gasteiger partial charge < -0.3 is 10.4 Å². The van der Waals surface area contributed by atoms with Crippen LogP contribution in [0.3, 0.4) is 0 Å². The van der Waals surface area contributed by atoms with E-state index in [1.165, 1.54) is 0 Å². The van der Waals surface area contributed by atoms with E-state index in [-0.39, 0.29) is 0 Å². The summed E-state index contributed by atoms with van der Waals surface area (Å²) in [5.74, 6) is -0.373. The fourth-order valence-electron chi connectivity index (χ4n) is 1.65. The average molecular weight is 197 g/mol. The highest BCUT2D eigenvalue weighted by atomic mass is 16.4. The summed E-state index contributed by atoms with van der Waals surface area (Å²) in [4.78, 5) is 21.0. The van der Waals surface area contributed by atoms with Crippen LogP contribution in [0, 0.1) is 5.92 Å². The van der Waals surface area contributed by atoms with E-state index >= 15 is 0 Å². The van der Waals surface area contributed by atoms with Crippen LogP contribution in [0.15, 0.2) is 11.6 Å². The summed E-state index contributed by atoms with van der Waals surface area (Å²) in [5, 5.41) is 11.2. The van der Waals surface area contributed by atoms with E-state index in [1.807, 2.05) is 6.08 Å². The van der Waals surface area contributed by atoms with Crippen LogP contribution >= 0.6 is 0 Å². The summed E-state index contributed by atoms with van der Waals surface area (Å²) in [7, 11) is 0. The summed E-state index contributed by atoms with van der Waals surface area (Å²) in [6.07, 6.45) is 5.04. The summed E-state index contributed by atoms with van der Waals surface area (Å²) in [6, 6.07) is -0.833. The molecule has 0 aromatic rings. The molecule has 0 spiro atoms. The van der Waals surface area contributed by atoms with Gasteiger partial charge in [-0.25, -0.2) is 4.79 Å². The minimum Gasteiger partial charge on any atom is -0.479 e. The van der Waals surface area contributed by atoms with E-state index in [4.69, 9.17) is 5.11 Å². The van der Waals surface area contributed by atoms with Crippen molar-refractivity contribution in [2.75, 3.05) is 0 Å². The Morgan fingerprint density at radius 2 is 2.50 bits per heavy atom. The maximum Gasteiger partial charge on any atom is 0.330 e. The molecule has 2 N–H and O–H groups in total. The molecule has 0 aliphatic heterocycles. The van der Waals surface area contributed by atoms with Crippen LogP contribution in [0.2, 0.25) is 0 Å². The maximum absolute atomic E-state index is 10.8. The van der Waals surface area contributed by atoms with E-state index < -0.39 is 12.0 Å². The Bertz CT molecular complexity index is 260. The molecule has 0 aromatic heterocycles. The van der Waals surface area contributed by atoms with Crippen molar-refractivity contribution in [1.29, 1.82) is 0 Å². The number of carbonyl (C=O) groups is 2. The molecule has 2 atom stereocenters. The van der Waals surface area contributed by atoms with Gasteiger partial charge in [-0.15, -0.1) is 0 Å². The van der Waals surface area contributed by atoms with Crippen molar-refractivity contribution in [3.63, 3.8) is 0 Å². The van der Waals surface area contributed by atoms with Gasteiger partial charge in [0.25, 0.3) is 0 Å². The Morgan fingerprint density at radius 3 is 2.93 bits per heavy atom. The molecule has 1 aliphatic rings. The second-order valence-corrected chi connectivity index (χ2v) is 3.71. The molecule has 0 bridgehead atoms. The Balaban J connectivity index is 2.68. The lowest BCUT2D eigenvalue weighted by Gasteiger charge is -2.22. The van der Waals surface area contributed by atoms with Crippen LogP contribution in [-0.2, 0) is 9.59 Å². The van der Waals surface area contributed by atoms with Crippen molar-refractivity contribution in [3.8, 4) is 0 Å². The SMILES string of the molecule is CC1CC=C(C(NC=O)C(=O)O)CC1. The largest absolute Gasteiger partial charge is 0.479 e. The van der Waals surface area contributed by atoms with Crippen LogP contribution < -0.4 is 5.32 Å². The van der Waals surface area contributed by atoms with Gasteiger partial charge in [0.1, 0.15) is 6.04 Å². The van der Waals surface area contributed by atoms with Crippen molar-refractivity contribution in [3.05, 3.63) is 11.6 Å². The number of carboxylic acids is 1. The maximum atomic E-state index is 10.8. The zero-order valence-electron chi connectivity index (χ0n) is 8.19. The van der Waals surface area contributed by atoms with Gasteiger partial charge in [-0.1, -0.05) is 13.0 Å². The first-order valence-electron chi connectivity index (χ1n) is 4.76. The second kappa shape index (κ2) is 4.79. The highest BCUT2D eigenvalue weighted by Gasteiger charge is 2.23. The zero-order valence-corrected chi connectivity index (χ0v) is 8.19. The Kier molecular flexibility index (Phi) is 3.68. The number of rotatable bonds is 4. The van der Waals surface area contributed by atoms with E-state index in [2.05, 4.69) is 12.2 Å². The van der Waals surface area contributed by atoms with Gasteiger partial charge in [0.2, 0.25) is 6.41 Å². The van der Waals surface area contributed by atoms with Crippen molar-refractivity contribution in [1.82, 2.24) is 5.32 Å². The third-order valence-corrected chi connectivity index (χ3v) is 2.56. The van der Waals surface area contributed by atoms with E-state index in [0.717, 1.165) is 24.8 Å². The van der Waals surface area contributed by atoms with Crippen LogP contribution in [0.4, 0.5) is 0 Å². The predicted molar refractivity (Wildman–Crippen MR) is 51.7 cm³/mol. The van der Waals surface area contributed by atoms with E-state index in [0.29, 0.717) is 12.3 Å². The molecule has 2 unspecified atom stereocenters. The molecule has 78 valence electrons. The van der Waals surface area contributed by atoms with Gasteiger partial charge in [0, 0.05) is 0 Å². The van der Waals surface area contributed by atoms with Crippen LogP contribution in [0.1, 0.15) is 26.2 Å². The lowest BCUT2D eigenvalue weighted by molar-refractivity contribution is -0.139. The molecule has 4 nitrogen and oxygen atoms in total. The molecule has 0 radical (unpaired) electrons. The summed E-state index contributed by atoms with van der Waals surface area (Å²) < 4.78 is 0. The predicted octanol–water partition coefficient (Wildman–Crippen LogP) is 0.932. The number of allylic oxidation sites excluding steroid dienone is 1. The second-order valence-electron chi connectivity index (χ2n) is 3.71. The first-order chi connectivity index (χ1) is 6.65. The minimum absolute atomic E-state index is 0.442. The standard InChI is InChI=1S/C10H15NO3/c1-7-2-4-8(5-3-7)9(10(13)14)11-6-12/h4,6-7,9H,2-3,5H2,1H3,(H,11,12)(H,13,14). The van der Waals surface area contributed by atoms with E-state index in [1.54, 1.807) is 0 Å². The van der Waals surface area contributed by atoms with Crippen molar-refractivity contribution >= 4 is 12.4 Å². The van der Waals surface area contributed by atoms with Gasteiger partial charge >= 0.3 is 5.97 Å². The van der Waals surface area contributed by atoms with Gasteiger partial charge in [-0.3, -0.25) is 4.79 Å².